The van der Waals surface area contributed by atoms with Gasteiger partial charge in [-0.2, -0.15) is 5.10 Å². The molecule has 0 bridgehead atoms. The fourth-order valence-corrected chi connectivity index (χ4v) is 1.03. The van der Waals surface area contributed by atoms with Crippen LogP contribution < -0.4 is 11.5 Å². The van der Waals surface area contributed by atoms with Crippen molar-refractivity contribution in [1.29, 1.82) is 0 Å². The van der Waals surface area contributed by atoms with E-state index in [1.165, 1.54) is 0 Å². The third kappa shape index (κ3) is 0.881. The summed E-state index contributed by atoms with van der Waals surface area (Å²) in [6.07, 6.45) is 1.73. The first-order valence-corrected chi connectivity index (χ1v) is 3.26. The average molecular weight is 148 g/mol. The van der Waals surface area contributed by atoms with Crippen molar-refractivity contribution in [3.8, 4) is 0 Å². The average Bonchev–Trinajstić information content (AvgIpc) is 2.27. The maximum Gasteiger partial charge on any atom is 0.144 e. The maximum atomic E-state index is 5.54. The third-order valence-corrected chi connectivity index (χ3v) is 1.50. The highest BCUT2D eigenvalue weighted by atomic mass is 15.2. The van der Waals surface area contributed by atoms with Crippen molar-refractivity contribution in [3.63, 3.8) is 0 Å². The Morgan fingerprint density at radius 2 is 2.09 bits per heavy atom. The molecule has 0 amide bonds. The van der Waals surface area contributed by atoms with Gasteiger partial charge in [0.25, 0.3) is 0 Å². The van der Waals surface area contributed by atoms with E-state index in [1.54, 1.807) is 16.8 Å². The summed E-state index contributed by atoms with van der Waals surface area (Å²) < 4.78 is 1.66. The van der Waals surface area contributed by atoms with Crippen molar-refractivity contribution in [2.75, 3.05) is 11.5 Å². The molecule has 0 fully saturated rings. The molecule has 0 radical (unpaired) electrons. The molecule has 0 unspecified atom stereocenters. The lowest BCUT2D eigenvalue weighted by Gasteiger charge is -1.93. The van der Waals surface area contributed by atoms with E-state index in [2.05, 4.69) is 5.10 Å². The smallest absolute Gasteiger partial charge is 0.144 e. The molecule has 56 valence electrons. The van der Waals surface area contributed by atoms with Crippen LogP contribution in [-0.4, -0.2) is 9.61 Å². The summed E-state index contributed by atoms with van der Waals surface area (Å²) in [4.78, 5) is 0. The fraction of sp³-hybridized carbons (Fsp3) is 0. The Balaban J connectivity index is 2.82. The Morgan fingerprint density at radius 3 is 2.91 bits per heavy atom. The summed E-state index contributed by atoms with van der Waals surface area (Å²) in [7, 11) is 0. The van der Waals surface area contributed by atoms with Crippen molar-refractivity contribution in [1.82, 2.24) is 9.61 Å². The van der Waals surface area contributed by atoms with Crippen LogP contribution in [0.4, 0.5) is 11.5 Å². The van der Waals surface area contributed by atoms with Gasteiger partial charge in [0, 0.05) is 0 Å². The Hall–Kier alpha value is -1.71. The van der Waals surface area contributed by atoms with E-state index in [1.807, 2.05) is 12.1 Å². The van der Waals surface area contributed by atoms with E-state index >= 15 is 0 Å². The predicted molar refractivity (Wildman–Crippen MR) is 44.0 cm³/mol. The van der Waals surface area contributed by atoms with E-state index in [0.717, 1.165) is 5.52 Å². The molecule has 2 aromatic heterocycles. The first-order valence-electron chi connectivity index (χ1n) is 3.26. The molecule has 2 aromatic rings. The van der Waals surface area contributed by atoms with Crippen LogP contribution in [-0.2, 0) is 0 Å². The van der Waals surface area contributed by atoms with E-state index in [4.69, 9.17) is 11.5 Å². The number of anilines is 2. The Kier molecular flexibility index (Phi) is 1.03. The molecule has 0 aliphatic heterocycles. The second-order valence-electron chi connectivity index (χ2n) is 2.40. The standard InChI is InChI=1S/C7H8N4/c8-5-3-6-1-2-7(9)10-11(6)4-5/h1-4H,8H2,(H2,9,10). The Morgan fingerprint density at radius 1 is 1.27 bits per heavy atom. The molecule has 0 atom stereocenters. The lowest BCUT2D eigenvalue weighted by atomic mass is 10.4. The van der Waals surface area contributed by atoms with Crippen LogP contribution in [0.3, 0.4) is 0 Å². The number of hydrogen-bond donors (Lipinski definition) is 2. The number of rotatable bonds is 0. The highest BCUT2D eigenvalue weighted by molar-refractivity contribution is 5.58. The minimum Gasteiger partial charge on any atom is -0.397 e. The van der Waals surface area contributed by atoms with Crippen molar-refractivity contribution in [2.45, 2.75) is 0 Å². The van der Waals surface area contributed by atoms with Gasteiger partial charge < -0.3 is 11.5 Å². The zero-order valence-corrected chi connectivity index (χ0v) is 5.86. The van der Waals surface area contributed by atoms with E-state index < -0.39 is 0 Å². The highest BCUT2D eigenvalue weighted by Crippen LogP contribution is 2.10. The number of aromatic nitrogens is 2. The summed E-state index contributed by atoms with van der Waals surface area (Å²) >= 11 is 0. The molecule has 0 spiro atoms. The molecule has 11 heavy (non-hydrogen) atoms. The Labute approximate surface area is 63.4 Å². The minimum absolute atomic E-state index is 0.494. The quantitative estimate of drug-likeness (QED) is 0.571. The van der Waals surface area contributed by atoms with Crippen LogP contribution in [0, 0.1) is 0 Å². The van der Waals surface area contributed by atoms with E-state index in [-0.39, 0.29) is 0 Å². The van der Waals surface area contributed by atoms with Gasteiger partial charge in [0.2, 0.25) is 0 Å². The molecule has 0 aliphatic rings. The molecule has 0 aliphatic carbocycles. The lowest BCUT2D eigenvalue weighted by molar-refractivity contribution is 0.952. The van der Waals surface area contributed by atoms with Gasteiger partial charge in [-0.05, 0) is 18.2 Å². The number of nitrogen functional groups attached to an aromatic ring is 2. The van der Waals surface area contributed by atoms with Gasteiger partial charge in [-0.15, -0.1) is 0 Å². The van der Waals surface area contributed by atoms with Gasteiger partial charge in [-0.1, -0.05) is 0 Å². The molecule has 4 heteroatoms. The maximum absolute atomic E-state index is 5.54. The molecule has 2 rings (SSSR count). The zero-order chi connectivity index (χ0) is 7.84. The highest BCUT2D eigenvalue weighted by Gasteiger charge is 1.95. The van der Waals surface area contributed by atoms with Gasteiger partial charge in [0.15, 0.2) is 0 Å². The summed E-state index contributed by atoms with van der Waals surface area (Å²) in [6, 6.07) is 5.46. The van der Waals surface area contributed by atoms with Gasteiger partial charge in [-0.3, -0.25) is 0 Å². The molecule has 0 saturated heterocycles. The van der Waals surface area contributed by atoms with Crippen molar-refractivity contribution >= 4 is 17.0 Å². The molecule has 4 N–H and O–H groups in total. The van der Waals surface area contributed by atoms with Gasteiger partial charge >= 0.3 is 0 Å². The number of hydrogen-bond acceptors (Lipinski definition) is 3. The van der Waals surface area contributed by atoms with Crippen LogP contribution in [0.1, 0.15) is 0 Å². The van der Waals surface area contributed by atoms with Crippen molar-refractivity contribution in [3.05, 3.63) is 24.4 Å². The zero-order valence-electron chi connectivity index (χ0n) is 5.86. The number of nitrogens with two attached hydrogens (primary N) is 2. The van der Waals surface area contributed by atoms with E-state index in [0.29, 0.717) is 11.5 Å². The molecule has 0 saturated carbocycles. The van der Waals surface area contributed by atoms with Crippen molar-refractivity contribution in [2.24, 2.45) is 0 Å². The molecule has 4 nitrogen and oxygen atoms in total. The molecular weight excluding hydrogens is 140 g/mol. The van der Waals surface area contributed by atoms with Gasteiger partial charge in [0.05, 0.1) is 17.4 Å². The molecule has 0 aromatic carbocycles. The summed E-state index contributed by atoms with van der Waals surface area (Å²) in [5.74, 6) is 0.494. The Bertz CT molecular complexity index is 390. The van der Waals surface area contributed by atoms with Crippen LogP contribution in [0.25, 0.3) is 5.52 Å². The second-order valence-corrected chi connectivity index (χ2v) is 2.40. The SMILES string of the molecule is Nc1cc2ccc(N)nn2c1. The second kappa shape index (κ2) is 1.88. The first-order chi connectivity index (χ1) is 5.25. The number of nitrogens with zero attached hydrogens (tertiary/aromatic N) is 2. The van der Waals surface area contributed by atoms with Crippen LogP contribution >= 0.6 is 0 Å². The normalized spacial score (nSPS) is 10.5. The van der Waals surface area contributed by atoms with Crippen LogP contribution in [0.5, 0.6) is 0 Å². The predicted octanol–water partition coefficient (Wildman–Crippen LogP) is 0.499. The minimum atomic E-state index is 0.494. The molecular formula is C7H8N4. The van der Waals surface area contributed by atoms with Crippen LogP contribution in [0.15, 0.2) is 24.4 Å². The monoisotopic (exact) mass is 148 g/mol. The third-order valence-electron chi connectivity index (χ3n) is 1.50. The summed E-state index contributed by atoms with van der Waals surface area (Å²) in [6.45, 7) is 0. The first kappa shape index (κ1) is 6.03. The fourth-order valence-electron chi connectivity index (χ4n) is 1.03. The van der Waals surface area contributed by atoms with E-state index in [9.17, 15) is 0 Å². The topological polar surface area (TPSA) is 69.3 Å². The number of fused-ring (bicyclic) bond motifs is 1. The lowest BCUT2D eigenvalue weighted by Crippen LogP contribution is -1.95. The van der Waals surface area contributed by atoms with Crippen molar-refractivity contribution < 1.29 is 0 Å². The van der Waals surface area contributed by atoms with Gasteiger partial charge in [0.1, 0.15) is 5.82 Å². The summed E-state index contributed by atoms with van der Waals surface area (Å²) in [5.41, 5.74) is 12.7. The summed E-state index contributed by atoms with van der Waals surface area (Å²) in [5, 5.41) is 4.01. The molecule has 2 heterocycles. The largest absolute Gasteiger partial charge is 0.397 e. The van der Waals surface area contributed by atoms with Gasteiger partial charge in [-0.25, -0.2) is 4.52 Å². The van der Waals surface area contributed by atoms with Crippen LogP contribution in [0.2, 0.25) is 0 Å².